The fourth-order valence-electron chi connectivity index (χ4n) is 2.83. The lowest BCUT2D eigenvalue weighted by molar-refractivity contribution is -0.130. The van der Waals surface area contributed by atoms with E-state index in [1.165, 1.54) is 11.1 Å². The molecule has 1 aliphatic rings. The van der Waals surface area contributed by atoms with Crippen molar-refractivity contribution in [1.82, 2.24) is 20.4 Å². The van der Waals surface area contributed by atoms with E-state index in [1.54, 1.807) is 12.1 Å². The third-order valence-electron chi connectivity index (χ3n) is 4.10. The molecule has 2 aromatic carbocycles. The van der Waals surface area contributed by atoms with Gasteiger partial charge in [-0.3, -0.25) is 4.79 Å². The number of phenols is 1. The van der Waals surface area contributed by atoms with E-state index >= 15 is 0 Å². The maximum absolute atomic E-state index is 12.5. The second kappa shape index (κ2) is 6.18. The van der Waals surface area contributed by atoms with Crippen LogP contribution < -0.4 is 0 Å². The van der Waals surface area contributed by atoms with Crippen LogP contribution in [-0.4, -0.2) is 43.7 Å². The molecule has 0 saturated heterocycles. The van der Waals surface area contributed by atoms with Gasteiger partial charge in [-0.1, -0.05) is 17.7 Å². The van der Waals surface area contributed by atoms with Crippen molar-refractivity contribution in [2.75, 3.05) is 6.54 Å². The molecule has 0 atom stereocenters. The van der Waals surface area contributed by atoms with Crippen LogP contribution in [0.1, 0.15) is 17.5 Å². The molecule has 25 heavy (non-hydrogen) atoms. The van der Waals surface area contributed by atoms with Gasteiger partial charge < -0.3 is 5.11 Å². The number of fused-ring (bicyclic) bond motifs is 1. The summed E-state index contributed by atoms with van der Waals surface area (Å²) in [6.45, 7) is 0.478. The summed E-state index contributed by atoms with van der Waals surface area (Å²) >= 11 is 5.98. The molecule has 1 aliphatic heterocycles. The normalized spacial score (nSPS) is 14.1. The molecule has 0 radical (unpaired) electrons. The number of rotatable bonds is 3. The highest BCUT2D eigenvalue weighted by Crippen LogP contribution is 2.26. The third kappa shape index (κ3) is 3.06. The Hall–Kier alpha value is -2.93. The molecule has 3 aromatic rings. The summed E-state index contributed by atoms with van der Waals surface area (Å²) in [7, 11) is 0. The Bertz CT molecular complexity index is 998. The number of carbonyl (C=O) groups is 1. The molecule has 8 heteroatoms. The van der Waals surface area contributed by atoms with Gasteiger partial charge in [0.1, 0.15) is 16.8 Å². The average molecular weight is 356 g/mol. The standard InChI is InChI=1S/C17H14ClN5O2/c18-11-2-4-16(24)12(9-11)13-5-6-23(21-13)17(25)8-10-1-3-14-15(7-10)20-22-19-14/h1-4,7,9,24H,5-6,8H2,(H,19,20,22). The van der Waals surface area contributed by atoms with Crippen LogP contribution in [0.3, 0.4) is 0 Å². The van der Waals surface area contributed by atoms with Crippen LogP contribution in [0, 0.1) is 0 Å². The molecule has 7 nitrogen and oxygen atoms in total. The van der Waals surface area contributed by atoms with Crippen molar-refractivity contribution in [2.24, 2.45) is 5.10 Å². The fraction of sp³-hybridized carbons (Fsp3) is 0.176. The van der Waals surface area contributed by atoms with Crippen molar-refractivity contribution in [3.63, 3.8) is 0 Å². The number of amides is 1. The molecule has 1 amide bonds. The SMILES string of the molecule is O=C(Cc1ccc2n[nH]nc2c1)N1CCC(c2cc(Cl)ccc2O)=N1. The maximum atomic E-state index is 12.5. The Morgan fingerprint density at radius 1 is 1.20 bits per heavy atom. The van der Waals surface area contributed by atoms with Crippen molar-refractivity contribution in [3.8, 4) is 5.75 Å². The van der Waals surface area contributed by atoms with E-state index in [0.29, 0.717) is 29.3 Å². The number of aromatic hydroxyl groups is 1. The molecule has 2 heterocycles. The molecule has 0 spiro atoms. The summed E-state index contributed by atoms with van der Waals surface area (Å²) < 4.78 is 0. The maximum Gasteiger partial charge on any atom is 0.247 e. The Morgan fingerprint density at radius 2 is 2.04 bits per heavy atom. The predicted octanol–water partition coefficient (Wildman–Crippen LogP) is 2.50. The lowest BCUT2D eigenvalue weighted by Gasteiger charge is -2.11. The number of aromatic amines is 1. The minimum atomic E-state index is -0.112. The molecular formula is C17H14ClN5O2. The lowest BCUT2D eigenvalue weighted by atomic mass is 10.1. The zero-order valence-electron chi connectivity index (χ0n) is 13.1. The van der Waals surface area contributed by atoms with E-state index in [-0.39, 0.29) is 18.1 Å². The van der Waals surface area contributed by atoms with Gasteiger partial charge in [-0.2, -0.15) is 20.5 Å². The molecule has 2 N–H and O–H groups in total. The van der Waals surface area contributed by atoms with Crippen molar-refractivity contribution in [2.45, 2.75) is 12.8 Å². The third-order valence-corrected chi connectivity index (χ3v) is 4.33. The van der Waals surface area contributed by atoms with Crippen LogP contribution in [0.25, 0.3) is 11.0 Å². The second-order valence-electron chi connectivity index (χ2n) is 5.80. The van der Waals surface area contributed by atoms with Gasteiger partial charge in [0.05, 0.1) is 18.7 Å². The van der Waals surface area contributed by atoms with Gasteiger partial charge in [0.25, 0.3) is 0 Å². The molecule has 1 aromatic heterocycles. The van der Waals surface area contributed by atoms with E-state index in [2.05, 4.69) is 20.5 Å². The summed E-state index contributed by atoms with van der Waals surface area (Å²) in [5, 5.41) is 26.8. The van der Waals surface area contributed by atoms with E-state index in [4.69, 9.17) is 11.6 Å². The molecule has 0 saturated carbocycles. The lowest BCUT2D eigenvalue weighted by Crippen LogP contribution is -2.25. The number of hydrazone groups is 1. The van der Waals surface area contributed by atoms with Crippen molar-refractivity contribution < 1.29 is 9.90 Å². The topological polar surface area (TPSA) is 94.5 Å². The number of H-pyrrole nitrogens is 1. The second-order valence-corrected chi connectivity index (χ2v) is 6.23. The number of carbonyl (C=O) groups excluding carboxylic acids is 1. The number of phenolic OH excluding ortho intramolecular Hbond substituents is 1. The highest BCUT2D eigenvalue weighted by Gasteiger charge is 2.23. The summed E-state index contributed by atoms with van der Waals surface area (Å²) in [5.74, 6) is -0.00621. The molecule has 4 rings (SSSR count). The first-order valence-electron chi connectivity index (χ1n) is 7.76. The first kappa shape index (κ1) is 15.6. The quantitative estimate of drug-likeness (QED) is 0.754. The van der Waals surface area contributed by atoms with Gasteiger partial charge in [0.15, 0.2) is 0 Å². The van der Waals surface area contributed by atoms with E-state index < -0.39 is 0 Å². The molecule has 0 bridgehead atoms. The Balaban J connectivity index is 1.53. The minimum absolute atomic E-state index is 0.105. The molecule has 0 aliphatic carbocycles. The van der Waals surface area contributed by atoms with Crippen LogP contribution >= 0.6 is 11.6 Å². The highest BCUT2D eigenvalue weighted by molar-refractivity contribution is 6.31. The van der Waals surface area contributed by atoms with Crippen molar-refractivity contribution in [1.29, 1.82) is 0 Å². The zero-order chi connectivity index (χ0) is 17.4. The van der Waals surface area contributed by atoms with Gasteiger partial charge in [0.2, 0.25) is 5.91 Å². The summed E-state index contributed by atoms with van der Waals surface area (Å²) in [6.07, 6.45) is 0.795. The number of hydrogen-bond acceptors (Lipinski definition) is 5. The largest absolute Gasteiger partial charge is 0.507 e. The van der Waals surface area contributed by atoms with Crippen LogP contribution in [0.2, 0.25) is 5.02 Å². The van der Waals surface area contributed by atoms with Crippen LogP contribution in [-0.2, 0) is 11.2 Å². The van der Waals surface area contributed by atoms with Gasteiger partial charge >= 0.3 is 0 Å². The summed E-state index contributed by atoms with van der Waals surface area (Å²) in [5.41, 5.74) is 3.54. The average Bonchev–Trinajstić information content (AvgIpc) is 3.25. The van der Waals surface area contributed by atoms with Gasteiger partial charge in [-0.05, 0) is 35.9 Å². The van der Waals surface area contributed by atoms with Gasteiger partial charge in [-0.15, -0.1) is 0 Å². The molecule has 0 unspecified atom stereocenters. The predicted molar refractivity (Wildman–Crippen MR) is 93.6 cm³/mol. The number of nitrogens with one attached hydrogen (secondary N) is 1. The molecule has 0 fully saturated rings. The number of halogens is 1. The van der Waals surface area contributed by atoms with E-state index in [1.807, 2.05) is 18.2 Å². The Morgan fingerprint density at radius 3 is 2.92 bits per heavy atom. The minimum Gasteiger partial charge on any atom is -0.507 e. The number of hydrogen-bond donors (Lipinski definition) is 2. The molecule has 126 valence electrons. The van der Waals surface area contributed by atoms with Crippen LogP contribution in [0.15, 0.2) is 41.5 Å². The monoisotopic (exact) mass is 355 g/mol. The molecular weight excluding hydrogens is 342 g/mol. The van der Waals surface area contributed by atoms with Gasteiger partial charge in [-0.25, -0.2) is 5.01 Å². The van der Waals surface area contributed by atoms with E-state index in [0.717, 1.165) is 16.6 Å². The van der Waals surface area contributed by atoms with Crippen molar-refractivity contribution in [3.05, 3.63) is 52.5 Å². The highest BCUT2D eigenvalue weighted by atomic mass is 35.5. The van der Waals surface area contributed by atoms with E-state index in [9.17, 15) is 9.90 Å². The smallest absolute Gasteiger partial charge is 0.247 e. The first-order valence-corrected chi connectivity index (χ1v) is 8.14. The summed E-state index contributed by atoms with van der Waals surface area (Å²) in [6, 6.07) is 10.3. The fourth-order valence-corrected chi connectivity index (χ4v) is 3.00. The van der Waals surface area contributed by atoms with Crippen LogP contribution in [0.5, 0.6) is 5.75 Å². The van der Waals surface area contributed by atoms with Crippen molar-refractivity contribution >= 4 is 34.3 Å². The Labute approximate surface area is 147 Å². The summed E-state index contributed by atoms with van der Waals surface area (Å²) in [4.78, 5) is 12.5. The first-order chi connectivity index (χ1) is 12.1. The zero-order valence-corrected chi connectivity index (χ0v) is 13.9. The Kier molecular flexibility index (Phi) is 3.85. The number of nitrogens with zero attached hydrogens (tertiary/aromatic N) is 4. The number of benzene rings is 2. The number of aromatic nitrogens is 3. The van der Waals surface area contributed by atoms with Gasteiger partial charge in [0, 0.05) is 17.0 Å². The van der Waals surface area contributed by atoms with Crippen LogP contribution in [0.4, 0.5) is 0 Å².